The topological polar surface area (TPSA) is 130 Å². The highest BCUT2D eigenvalue weighted by Gasteiger charge is 2.20. The predicted molar refractivity (Wildman–Crippen MR) is 77.8 cm³/mol. The fourth-order valence-electron chi connectivity index (χ4n) is 1.45. The molecular weight excluding hydrogens is 316 g/mol. The summed E-state index contributed by atoms with van der Waals surface area (Å²) in [5.74, 6) is -0.419. The molecule has 1 aromatic carbocycles. The lowest BCUT2D eigenvalue weighted by Crippen LogP contribution is -2.08. The minimum absolute atomic E-state index is 0.00953. The van der Waals surface area contributed by atoms with Crippen LogP contribution in [0, 0.1) is 20.2 Å². The first-order valence-corrected chi connectivity index (χ1v) is 7.04. The first-order chi connectivity index (χ1) is 10.3. The lowest BCUT2D eigenvalue weighted by Gasteiger charge is -2.04. The molecule has 118 valence electrons. The van der Waals surface area contributed by atoms with Crippen LogP contribution in [0.1, 0.15) is 23.7 Å². The van der Waals surface area contributed by atoms with E-state index in [0.29, 0.717) is 12.2 Å². The van der Waals surface area contributed by atoms with Crippen LogP contribution in [0.25, 0.3) is 0 Å². The van der Waals surface area contributed by atoms with Gasteiger partial charge in [0.2, 0.25) is 0 Å². The molecule has 0 heterocycles. The standard InChI is InChI=1S/C12H12N2O7S/c1-8(15)22-4-2-3-21-12(16)9-5-10(13(17)18)7-11(6-9)14(19)20/h5-7H,2-4H2,1H3. The number of thioether (sulfide) groups is 1. The Hall–Kier alpha value is -2.49. The maximum absolute atomic E-state index is 11.8. The molecule has 0 aliphatic rings. The molecule has 0 amide bonds. The molecule has 0 saturated heterocycles. The lowest BCUT2D eigenvalue weighted by atomic mass is 10.2. The van der Waals surface area contributed by atoms with Crippen molar-refractivity contribution >= 4 is 34.2 Å². The number of esters is 1. The van der Waals surface area contributed by atoms with E-state index >= 15 is 0 Å². The van der Waals surface area contributed by atoms with E-state index in [9.17, 15) is 29.8 Å². The third-order valence-corrected chi connectivity index (χ3v) is 3.29. The Morgan fingerprint density at radius 1 is 1.14 bits per heavy atom. The summed E-state index contributed by atoms with van der Waals surface area (Å²) in [6.07, 6.45) is 0.424. The maximum Gasteiger partial charge on any atom is 0.338 e. The number of non-ortho nitro benzene ring substituents is 2. The van der Waals surface area contributed by atoms with Gasteiger partial charge in [-0.15, -0.1) is 0 Å². The number of nitrogens with zero attached hydrogens (tertiary/aromatic N) is 2. The zero-order valence-corrected chi connectivity index (χ0v) is 12.3. The average Bonchev–Trinajstić information content (AvgIpc) is 2.45. The number of hydrogen-bond donors (Lipinski definition) is 0. The van der Waals surface area contributed by atoms with Crippen molar-refractivity contribution in [2.45, 2.75) is 13.3 Å². The number of nitro groups is 2. The summed E-state index contributed by atoms with van der Waals surface area (Å²) in [6.45, 7) is 1.43. The number of nitro benzene ring substituents is 2. The van der Waals surface area contributed by atoms with Crippen LogP contribution in [-0.2, 0) is 9.53 Å². The molecule has 0 saturated carbocycles. The Kier molecular flexibility index (Phi) is 6.45. The molecule has 0 atom stereocenters. The third kappa shape index (κ3) is 5.48. The van der Waals surface area contributed by atoms with E-state index in [-0.39, 0.29) is 17.3 Å². The van der Waals surface area contributed by atoms with Crippen LogP contribution in [-0.4, -0.2) is 33.3 Å². The van der Waals surface area contributed by atoms with E-state index in [1.807, 2.05) is 0 Å². The van der Waals surface area contributed by atoms with Crippen molar-refractivity contribution in [3.05, 3.63) is 44.0 Å². The van der Waals surface area contributed by atoms with Crippen LogP contribution in [0.4, 0.5) is 11.4 Å². The van der Waals surface area contributed by atoms with Crippen LogP contribution in [0.15, 0.2) is 18.2 Å². The molecule has 0 aliphatic carbocycles. The summed E-state index contributed by atoms with van der Waals surface area (Å²) in [5, 5.41) is 21.4. The van der Waals surface area contributed by atoms with Gasteiger partial charge >= 0.3 is 5.97 Å². The first kappa shape index (κ1) is 17.6. The Morgan fingerprint density at radius 2 is 1.68 bits per heavy atom. The predicted octanol–water partition coefficient (Wildman–Crippen LogP) is 2.33. The summed E-state index contributed by atoms with van der Waals surface area (Å²) in [4.78, 5) is 42.2. The summed E-state index contributed by atoms with van der Waals surface area (Å²) in [5.41, 5.74) is -1.39. The maximum atomic E-state index is 11.8. The fourth-order valence-corrected chi connectivity index (χ4v) is 2.00. The molecule has 1 aromatic rings. The summed E-state index contributed by atoms with van der Waals surface area (Å²) in [7, 11) is 0. The van der Waals surface area contributed by atoms with E-state index in [4.69, 9.17) is 4.74 Å². The molecule has 0 unspecified atom stereocenters. The van der Waals surface area contributed by atoms with Gasteiger partial charge in [-0.2, -0.15) is 0 Å². The SMILES string of the molecule is CC(=O)SCCCOC(=O)c1cc([N+](=O)[O-])cc([N+](=O)[O-])c1. The van der Waals surface area contributed by atoms with Crippen molar-refractivity contribution in [3.8, 4) is 0 Å². The number of carbonyl (C=O) groups is 2. The Bertz CT molecular complexity index is 585. The van der Waals surface area contributed by atoms with Crippen molar-refractivity contribution < 1.29 is 24.2 Å². The van der Waals surface area contributed by atoms with Gasteiger partial charge in [0, 0.05) is 24.8 Å². The molecule has 0 fully saturated rings. The highest BCUT2D eigenvalue weighted by Crippen LogP contribution is 2.23. The second kappa shape index (κ2) is 8.08. The van der Waals surface area contributed by atoms with Gasteiger partial charge in [-0.25, -0.2) is 4.79 Å². The molecule has 0 N–H and O–H groups in total. The van der Waals surface area contributed by atoms with Gasteiger partial charge < -0.3 is 4.74 Å². The van der Waals surface area contributed by atoms with Gasteiger partial charge in [0.15, 0.2) is 5.12 Å². The molecule has 22 heavy (non-hydrogen) atoms. The molecular formula is C12H12N2O7S. The largest absolute Gasteiger partial charge is 0.462 e. The number of ether oxygens (including phenoxy) is 1. The second-order valence-corrected chi connectivity index (χ2v) is 5.35. The average molecular weight is 328 g/mol. The van der Waals surface area contributed by atoms with E-state index in [1.165, 1.54) is 6.92 Å². The summed E-state index contributed by atoms with van der Waals surface area (Å²) in [6, 6.07) is 2.60. The molecule has 9 nitrogen and oxygen atoms in total. The molecule has 10 heteroatoms. The summed E-state index contributed by atoms with van der Waals surface area (Å²) < 4.78 is 4.87. The molecule has 0 spiro atoms. The highest BCUT2D eigenvalue weighted by molar-refractivity contribution is 8.13. The van der Waals surface area contributed by atoms with Crippen molar-refractivity contribution in [2.75, 3.05) is 12.4 Å². The zero-order valence-electron chi connectivity index (χ0n) is 11.5. The minimum Gasteiger partial charge on any atom is -0.462 e. The molecule has 0 radical (unpaired) electrons. The number of carbonyl (C=O) groups excluding carboxylic acids is 2. The Morgan fingerprint density at radius 3 is 2.14 bits per heavy atom. The van der Waals surface area contributed by atoms with Gasteiger partial charge in [-0.3, -0.25) is 25.0 Å². The van der Waals surface area contributed by atoms with Gasteiger partial charge in [0.25, 0.3) is 11.4 Å². The number of hydrogen-bond acceptors (Lipinski definition) is 8. The van der Waals surface area contributed by atoms with Gasteiger partial charge in [0.05, 0.1) is 28.1 Å². The van der Waals surface area contributed by atoms with Crippen molar-refractivity contribution in [3.63, 3.8) is 0 Å². The molecule has 0 bridgehead atoms. The van der Waals surface area contributed by atoms with Crippen LogP contribution in [0.2, 0.25) is 0 Å². The third-order valence-electron chi connectivity index (χ3n) is 2.39. The van der Waals surface area contributed by atoms with Gasteiger partial charge in [0.1, 0.15) is 0 Å². The Balaban J connectivity index is 2.73. The van der Waals surface area contributed by atoms with E-state index < -0.39 is 27.2 Å². The Labute approximate surface area is 128 Å². The molecule has 0 aromatic heterocycles. The first-order valence-electron chi connectivity index (χ1n) is 6.05. The zero-order chi connectivity index (χ0) is 16.7. The minimum atomic E-state index is -0.889. The summed E-state index contributed by atoms with van der Waals surface area (Å²) >= 11 is 1.08. The van der Waals surface area contributed by atoms with E-state index in [1.54, 1.807) is 0 Å². The smallest absolute Gasteiger partial charge is 0.338 e. The van der Waals surface area contributed by atoms with Gasteiger partial charge in [-0.1, -0.05) is 11.8 Å². The quantitative estimate of drug-likeness (QED) is 0.322. The monoisotopic (exact) mass is 328 g/mol. The number of benzene rings is 1. The van der Waals surface area contributed by atoms with Crippen LogP contribution >= 0.6 is 11.8 Å². The van der Waals surface area contributed by atoms with Crippen molar-refractivity contribution in [1.29, 1.82) is 0 Å². The van der Waals surface area contributed by atoms with Gasteiger partial charge in [-0.05, 0) is 6.42 Å². The van der Waals surface area contributed by atoms with E-state index in [0.717, 1.165) is 30.0 Å². The highest BCUT2D eigenvalue weighted by atomic mass is 32.2. The lowest BCUT2D eigenvalue weighted by molar-refractivity contribution is -0.394. The van der Waals surface area contributed by atoms with Crippen LogP contribution in [0.5, 0.6) is 0 Å². The second-order valence-electron chi connectivity index (χ2n) is 4.08. The van der Waals surface area contributed by atoms with Crippen LogP contribution < -0.4 is 0 Å². The normalized spacial score (nSPS) is 10.0. The number of rotatable bonds is 7. The van der Waals surface area contributed by atoms with E-state index in [2.05, 4.69) is 0 Å². The molecule has 1 rings (SSSR count). The van der Waals surface area contributed by atoms with Crippen LogP contribution in [0.3, 0.4) is 0 Å². The van der Waals surface area contributed by atoms with Crippen molar-refractivity contribution in [1.82, 2.24) is 0 Å². The molecule has 0 aliphatic heterocycles. The van der Waals surface area contributed by atoms with Crippen molar-refractivity contribution in [2.24, 2.45) is 0 Å². The fraction of sp³-hybridized carbons (Fsp3) is 0.333.